The average Bonchev–Trinajstić information content (AvgIpc) is 3.33. The molecule has 2 aromatic rings. The van der Waals surface area contributed by atoms with Crippen LogP contribution in [0.5, 0.6) is 0 Å². The summed E-state index contributed by atoms with van der Waals surface area (Å²) >= 11 is 0. The molecule has 0 bridgehead atoms. The summed E-state index contributed by atoms with van der Waals surface area (Å²) < 4.78 is 1.74. The van der Waals surface area contributed by atoms with Gasteiger partial charge in [-0.05, 0) is 24.4 Å². The molecule has 0 saturated carbocycles. The molecule has 8 heteroatoms. The zero-order chi connectivity index (χ0) is 17.4. The third-order valence-electron chi connectivity index (χ3n) is 5.62. The van der Waals surface area contributed by atoms with Crippen molar-refractivity contribution in [2.75, 3.05) is 31.1 Å². The molecule has 148 valence electrons. The number of likely N-dealkylation sites (tertiary alicyclic amines) is 1. The van der Waals surface area contributed by atoms with Crippen LogP contribution in [0.3, 0.4) is 0 Å². The second-order valence-corrected chi connectivity index (χ2v) is 7.13. The highest BCUT2D eigenvalue weighted by atomic mass is 35.5. The number of nitrogens with zero attached hydrogens (tertiary/aromatic N) is 4. The Bertz CT molecular complexity index is 754. The van der Waals surface area contributed by atoms with E-state index in [2.05, 4.69) is 34.3 Å². The highest BCUT2D eigenvalue weighted by Gasteiger charge is 2.43. The zero-order valence-electron chi connectivity index (χ0n) is 15.4. The van der Waals surface area contributed by atoms with Gasteiger partial charge in [0, 0.05) is 38.8 Å². The van der Waals surface area contributed by atoms with Gasteiger partial charge in [0.05, 0.1) is 17.9 Å². The number of hydrogen-bond donors (Lipinski definition) is 1. The summed E-state index contributed by atoms with van der Waals surface area (Å²) in [6.07, 6.45) is 4.53. The van der Waals surface area contributed by atoms with Crippen LogP contribution in [-0.2, 0) is 11.8 Å². The molecule has 0 radical (unpaired) electrons. The van der Waals surface area contributed by atoms with Gasteiger partial charge in [-0.1, -0.05) is 30.3 Å². The molecule has 6 nitrogen and oxygen atoms in total. The van der Waals surface area contributed by atoms with E-state index in [1.807, 2.05) is 24.2 Å². The number of anilines is 1. The predicted octanol–water partition coefficient (Wildman–Crippen LogP) is 2.04. The van der Waals surface area contributed by atoms with Crippen LogP contribution in [0, 0.1) is 5.92 Å². The molecule has 2 aliphatic rings. The SMILES string of the molecule is Cl.Cl.Cn1cc(N2CCC(N3C[C@@H](CN)[C@H](c4ccccc4)C3)C2=O)cn1. The fraction of sp³-hybridized carbons (Fsp3) is 0.474. The number of carbonyl (C=O) groups excluding carboxylic acids is 1. The van der Waals surface area contributed by atoms with Crippen molar-refractivity contribution in [3.63, 3.8) is 0 Å². The van der Waals surface area contributed by atoms with E-state index in [1.54, 1.807) is 10.9 Å². The first kappa shape index (κ1) is 21.7. The Morgan fingerprint density at radius 3 is 2.56 bits per heavy atom. The fourth-order valence-corrected chi connectivity index (χ4v) is 4.28. The van der Waals surface area contributed by atoms with Crippen LogP contribution in [0.25, 0.3) is 0 Å². The molecule has 2 fully saturated rings. The summed E-state index contributed by atoms with van der Waals surface area (Å²) in [7, 11) is 1.87. The van der Waals surface area contributed by atoms with Gasteiger partial charge in [0.25, 0.3) is 0 Å². The van der Waals surface area contributed by atoms with Crippen LogP contribution in [-0.4, -0.2) is 52.8 Å². The molecule has 1 amide bonds. The van der Waals surface area contributed by atoms with E-state index in [-0.39, 0.29) is 36.8 Å². The summed E-state index contributed by atoms with van der Waals surface area (Å²) in [6.45, 7) is 3.22. The highest BCUT2D eigenvalue weighted by molar-refractivity contribution is 5.99. The molecule has 3 atom stereocenters. The van der Waals surface area contributed by atoms with Crippen molar-refractivity contribution < 1.29 is 4.79 Å². The number of carbonyl (C=O) groups is 1. The normalized spacial score (nSPS) is 25.3. The third-order valence-corrected chi connectivity index (χ3v) is 5.62. The van der Waals surface area contributed by atoms with Gasteiger partial charge in [-0.2, -0.15) is 5.10 Å². The Morgan fingerprint density at radius 2 is 1.93 bits per heavy atom. The first-order valence-corrected chi connectivity index (χ1v) is 8.96. The summed E-state index contributed by atoms with van der Waals surface area (Å²) in [4.78, 5) is 17.2. The van der Waals surface area contributed by atoms with Gasteiger partial charge in [-0.25, -0.2) is 0 Å². The minimum atomic E-state index is -0.0389. The third kappa shape index (κ3) is 4.14. The van der Waals surface area contributed by atoms with Crippen LogP contribution in [0.2, 0.25) is 0 Å². The van der Waals surface area contributed by atoms with Crippen molar-refractivity contribution >= 4 is 36.4 Å². The summed E-state index contributed by atoms with van der Waals surface area (Å²) in [5.41, 5.74) is 8.27. The standard InChI is InChI=1S/C19H25N5O.2ClH/c1-22-12-16(10-21-22)24-8-7-18(19(24)25)23-11-15(9-20)17(13-23)14-5-3-2-4-6-14;;/h2-6,10,12,15,17-18H,7-9,11,13,20H2,1H3;2*1H/t15-,17+,18?;;/m1../s1. The van der Waals surface area contributed by atoms with Crippen LogP contribution in [0.1, 0.15) is 17.9 Å². The Morgan fingerprint density at radius 1 is 1.19 bits per heavy atom. The maximum absolute atomic E-state index is 13.0. The van der Waals surface area contributed by atoms with Gasteiger partial charge in [-0.15, -0.1) is 24.8 Å². The molecule has 0 aliphatic carbocycles. The molecule has 1 aromatic heterocycles. The lowest BCUT2D eigenvalue weighted by atomic mass is 9.89. The average molecular weight is 412 g/mol. The molecule has 4 rings (SSSR count). The monoisotopic (exact) mass is 411 g/mol. The molecule has 0 spiro atoms. The topological polar surface area (TPSA) is 67.4 Å². The maximum Gasteiger partial charge on any atom is 0.244 e. The van der Waals surface area contributed by atoms with E-state index >= 15 is 0 Å². The van der Waals surface area contributed by atoms with Gasteiger partial charge >= 0.3 is 0 Å². The Hall–Kier alpha value is -1.60. The number of halogens is 2. The van der Waals surface area contributed by atoms with Gasteiger partial charge in [-0.3, -0.25) is 14.4 Å². The van der Waals surface area contributed by atoms with Crippen molar-refractivity contribution in [3.8, 4) is 0 Å². The molecule has 2 N–H and O–H groups in total. The lowest BCUT2D eigenvalue weighted by Gasteiger charge is -2.23. The van der Waals surface area contributed by atoms with E-state index < -0.39 is 0 Å². The second kappa shape index (κ2) is 9.06. The molecule has 2 aliphatic heterocycles. The number of aromatic nitrogens is 2. The van der Waals surface area contributed by atoms with Gasteiger partial charge in [0.1, 0.15) is 0 Å². The van der Waals surface area contributed by atoms with E-state index in [4.69, 9.17) is 5.73 Å². The fourth-order valence-electron chi connectivity index (χ4n) is 4.28. The second-order valence-electron chi connectivity index (χ2n) is 7.13. The van der Waals surface area contributed by atoms with Crippen LogP contribution in [0.15, 0.2) is 42.7 Å². The summed E-state index contributed by atoms with van der Waals surface area (Å²) in [5, 5.41) is 4.19. The molecule has 3 heterocycles. The minimum Gasteiger partial charge on any atom is -0.330 e. The predicted molar refractivity (Wildman–Crippen MR) is 112 cm³/mol. The van der Waals surface area contributed by atoms with Gasteiger partial charge in [0.2, 0.25) is 5.91 Å². The van der Waals surface area contributed by atoms with Crippen LogP contribution < -0.4 is 10.6 Å². The number of hydrogen-bond acceptors (Lipinski definition) is 4. The van der Waals surface area contributed by atoms with Gasteiger partial charge < -0.3 is 10.6 Å². The first-order valence-electron chi connectivity index (χ1n) is 8.96. The molecular weight excluding hydrogens is 385 g/mol. The number of aryl methyl sites for hydroxylation is 1. The summed E-state index contributed by atoms with van der Waals surface area (Å²) in [5.74, 6) is 1.01. The van der Waals surface area contributed by atoms with Crippen molar-refractivity contribution in [2.24, 2.45) is 18.7 Å². The smallest absolute Gasteiger partial charge is 0.244 e. The molecule has 1 unspecified atom stereocenters. The van der Waals surface area contributed by atoms with Crippen molar-refractivity contribution in [1.82, 2.24) is 14.7 Å². The molecule has 27 heavy (non-hydrogen) atoms. The number of benzene rings is 1. The quantitative estimate of drug-likeness (QED) is 0.835. The van der Waals surface area contributed by atoms with E-state index in [9.17, 15) is 4.79 Å². The van der Waals surface area contributed by atoms with Crippen molar-refractivity contribution in [1.29, 1.82) is 0 Å². The van der Waals surface area contributed by atoms with Crippen molar-refractivity contribution in [3.05, 3.63) is 48.3 Å². The Kier molecular flexibility index (Phi) is 7.28. The number of amides is 1. The summed E-state index contributed by atoms with van der Waals surface area (Å²) in [6, 6.07) is 10.5. The molecule has 1 aromatic carbocycles. The zero-order valence-corrected chi connectivity index (χ0v) is 17.0. The van der Waals surface area contributed by atoms with E-state index in [1.165, 1.54) is 5.56 Å². The lowest BCUT2D eigenvalue weighted by Crippen LogP contribution is -2.41. The van der Waals surface area contributed by atoms with Crippen molar-refractivity contribution in [2.45, 2.75) is 18.4 Å². The first-order chi connectivity index (χ1) is 12.2. The molecular formula is C19H27Cl2N5O. The number of nitrogens with two attached hydrogens (primary N) is 1. The maximum atomic E-state index is 13.0. The van der Waals surface area contributed by atoms with E-state index in [0.29, 0.717) is 18.4 Å². The van der Waals surface area contributed by atoms with E-state index in [0.717, 1.165) is 31.7 Å². The largest absolute Gasteiger partial charge is 0.330 e. The Labute approximate surface area is 172 Å². The minimum absolute atomic E-state index is 0. The number of rotatable bonds is 4. The van der Waals surface area contributed by atoms with Crippen LogP contribution in [0.4, 0.5) is 5.69 Å². The Balaban J connectivity index is 0.00000131. The van der Waals surface area contributed by atoms with Gasteiger partial charge in [0.15, 0.2) is 0 Å². The lowest BCUT2D eigenvalue weighted by molar-refractivity contribution is -0.121. The highest BCUT2D eigenvalue weighted by Crippen LogP contribution is 2.35. The molecule has 2 saturated heterocycles. The van der Waals surface area contributed by atoms with Crippen LogP contribution >= 0.6 is 24.8 Å².